The topological polar surface area (TPSA) is 107 Å². The van der Waals surface area contributed by atoms with Gasteiger partial charge in [0.25, 0.3) is 0 Å². The zero-order chi connectivity index (χ0) is 18.7. The highest BCUT2D eigenvalue weighted by Gasteiger charge is 2.47. The van der Waals surface area contributed by atoms with Crippen molar-refractivity contribution in [1.29, 1.82) is 0 Å². The van der Waals surface area contributed by atoms with Crippen LogP contribution in [0.2, 0.25) is 6.32 Å². The van der Waals surface area contributed by atoms with Crippen LogP contribution in [0.1, 0.15) is 36.8 Å². The average Bonchev–Trinajstić information content (AvgIpc) is 2.62. The molecule has 1 heterocycles. The van der Waals surface area contributed by atoms with E-state index in [0.29, 0.717) is 19.4 Å². The Bertz CT molecular complexity index is 642. The van der Waals surface area contributed by atoms with E-state index >= 15 is 0 Å². The summed E-state index contributed by atoms with van der Waals surface area (Å²) in [5.41, 5.74) is 7.87. The minimum absolute atomic E-state index is 0.0828. The summed E-state index contributed by atoms with van der Waals surface area (Å²) in [7, 11) is -1.34. The van der Waals surface area contributed by atoms with Gasteiger partial charge in [0.15, 0.2) is 0 Å². The van der Waals surface area contributed by atoms with Crippen LogP contribution in [0.15, 0.2) is 24.3 Å². The second-order valence-electron chi connectivity index (χ2n) is 8.00. The van der Waals surface area contributed by atoms with E-state index in [4.69, 9.17) is 15.8 Å². The van der Waals surface area contributed by atoms with Gasteiger partial charge in [0.1, 0.15) is 5.54 Å². The normalized spacial score (nSPS) is 29.2. The second kappa shape index (κ2) is 8.09. The van der Waals surface area contributed by atoms with Gasteiger partial charge in [0.05, 0.1) is 0 Å². The molecule has 1 aromatic rings. The number of rotatable bonds is 6. The molecule has 0 aromatic heterocycles. The number of benzene rings is 1. The van der Waals surface area contributed by atoms with Crippen molar-refractivity contribution in [3.05, 3.63) is 35.4 Å². The summed E-state index contributed by atoms with van der Waals surface area (Å²) in [6, 6.07) is 8.42. The molecule has 142 valence electrons. The molecular formula is C19H29BN2O4. The summed E-state index contributed by atoms with van der Waals surface area (Å²) in [6.07, 6.45) is 3.94. The number of nitrogens with two attached hydrogens (primary N) is 1. The first kappa shape index (κ1) is 19.4. The van der Waals surface area contributed by atoms with Crippen molar-refractivity contribution in [3.8, 4) is 0 Å². The van der Waals surface area contributed by atoms with Gasteiger partial charge in [-0.05, 0) is 49.0 Å². The maximum Gasteiger partial charge on any atom is 0.451 e. The SMILES string of the molecule is N[C@@]1(C(=O)O)C[C@@H](CCB(O)O)CC[C@@H]1CN1CCc2ccccc2C1. The van der Waals surface area contributed by atoms with Crippen molar-refractivity contribution in [1.82, 2.24) is 4.90 Å². The van der Waals surface area contributed by atoms with Crippen molar-refractivity contribution in [2.75, 3.05) is 13.1 Å². The molecule has 26 heavy (non-hydrogen) atoms. The molecule has 1 aromatic carbocycles. The molecule has 0 bridgehead atoms. The Hall–Kier alpha value is -1.41. The summed E-state index contributed by atoms with van der Waals surface area (Å²) >= 11 is 0. The Labute approximate surface area is 155 Å². The van der Waals surface area contributed by atoms with Crippen LogP contribution >= 0.6 is 0 Å². The first-order valence-corrected chi connectivity index (χ1v) is 9.56. The molecule has 1 aliphatic carbocycles. The molecule has 3 rings (SSSR count). The number of hydrogen-bond donors (Lipinski definition) is 4. The Balaban J connectivity index is 1.65. The zero-order valence-corrected chi connectivity index (χ0v) is 15.2. The number of carboxylic acids is 1. The highest BCUT2D eigenvalue weighted by atomic mass is 16.4. The number of nitrogens with zero attached hydrogens (tertiary/aromatic N) is 1. The van der Waals surface area contributed by atoms with E-state index in [-0.39, 0.29) is 18.2 Å². The van der Waals surface area contributed by atoms with E-state index in [1.807, 2.05) is 6.07 Å². The Morgan fingerprint density at radius 1 is 1.27 bits per heavy atom. The van der Waals surface area contributed by atoms with Gasteiger partial charge in [-0.25, -0.2) is 0 Å². The minimum atomic E-state index is -1.34. The van der Waals surface area contributed by atoms with Crippen LogP contribution in [-0.4, -0.2) is 51.8 Å². The van der Waals surface area contributed by atoms with Gasteiger partial charge in [0, 0.05) is 25.6 Å². The van der Waals surface area contributed by atoms with Crippen LogP contribution in [0.4, 0.5) is 0 Å². The molecule has 7 heteroatoms. The summed E-state index contributed by atoms with van der Waals surface area (Å²) in [5.74, 6) is -0.883. The highest BCUT2D eigenvalue weighted by Crippen LogP contribution is 2.39. The highest BCUT2D eigenvalue weighted by molar-refractivity contribution is 6.40. The van der Waals surface area contributed by atoms with Gasteiger partial charge in [-0.1, -0.05) is 30.7 Å². The van der Waals surface area contributed by atoms with Gasteiger partial charge in [0.2, 0.25) is 0 Å². The largest absolute Gasteiger partial charge is 0.480 e. The van der Waals surface area contributed by atoms with Crippen molar-refractivity contribution in [2.45, 2.75) is 50.5 Å². The van der Waals surface area contributed by atoms with Crippen LogP contribution in [0.5, 0.6) is 0 Å². The maximum atomic E-state index is 12.0. The number of hydrogen-bond acceptors (Lipinski definition) is 5. The lowest BCUT2D eigenvalue weighted by atomic mass is 9.66. The summed E-state index contributed by atoms with van der Waals surface area (Å²) < 4.78 is 0. The molecule has 0 saturated heterocycles. The second-order valence-corrected chi connectivity index (χ2v) is 8.00. The fourth-order valence-electron chi connectivity index (χ4n) is 4.61. The fourth-order valence-corrected chi connectivity index (χ4v) is 4.61. The van der Waals surface area contributed by atoms with Gasteiger partial charge >= 0.3 is 13.1 Å². The number of carbonyl (C=O) groups is 1. The zero-order valence-electron chi connectivity index (χ0n) is 15.2. The minimum Gasteiger partial charge on any atom is -0.480 e. The third kappa shape index (κ3) is 4.28. The van der Waals surface area contributed by atoms with Crippen LogP contribution < -0.4 is 5.73 Å². The van der Waals surface area contributed by atoms with Crippen molar-refractivity contribution in [3.63, 3.8) is 0 Å². The number of carboxylic acid groups (broad SMARTS) is 1. The van der Waals surface area contributed by atoms with Gasteiger partial charge < -0.3 is 20.9 Å². The lowest BCUT2D eigenvalue weighted by Gasteiger charge is -2.44. The Morgan fingerprint density at radius 3 is 2.69 bits per heavy atom. The van der Waals surface area contributed by atoms with E-state index in [1.165, 1.54) is 11.1 Å². The van der Waals surface area contributed by atoms with Crippen LogP contribution in [-0.2, 0) is 17.8 Å². The van der Waals surface area contributed by atoms with Crippen molar-refractivity contribution < 1.29 is 19.9 Å². The molecule has 0 unspecified atom stereocenters. The molecule has 2 aliphatic rings. The standard InChI is InChI=1S/C19H29BN2O4/c21-19(18(23)24)11-14(7-9-20(25)26)5-6-17(19)13-22-10-8-15-3-1-2-4-16(15)12-22/h1-4,14,17,25-26H,5-13,21H2,(H,23,24)/t14-,17-,19+/m1/s1. The molecule has 1 saturated carbocycles. The Kier molecular flexibility index (Phi) is 6.02. The lowest BCUT2D eigenvalue weighted by Crippen LogP contribution is -2.60. The van der Waals surface area contributed by atoms with Crippen LogP contribution in [0, 0.1) is 11.8 Å². The van der Waals surface area contributed by atoms with Gasteiger partial charge in [-0.15, -0.1) is 0 Å². The molecule has 0 radical (unpaired) electrons. The smallest absolute Gasteiger partial charge is 0.451 e. The van der Waals surface area contributed by atoms with E-state index in [1.54, 1.807) is 0 Å². The third-order valence-electron chi connectivity index (χ3n) is 6.20. The predicted molar refractivity (Wildman–Crippen MR) is 100 cm³/mol. The molecule has 1 fully saturated rings. The molecule has 6 nitrogen and oxygen atoms in total. The van der Waals surface area contributed by atoms with E-state index in [9.17, 15) is 9.90 Å². The fraction of sp³-hybridized carbons (Fsp3) is 0.632. The van der Waals surface area contributed by atoms with E-state index < -0.39 is 18.6 Å². The molecule has 5 N–H and O–H groups in total. The maximum absolute atomic E-state index is 12.0. The molecule has 0 amide bonds. The number of aliphatic carboxylic acids is 1. The van der Waals surface area contributed by atoms with Gasteiger partial charge in [-0.3, -0.25) is 9.69 Å². The summed E-state index contributed by atoms with van der Waals surface area (Å²) in [4.78, 5) is 14.3. The monoisotopic (exact) mass is 360 g/mol. The predicted octanol–water partition coefficient (Wildman–Crippen LogP) is 1.11. The van der Waals surface area contributed by atoms with Gasteiger partial charge in [-0.2, -0.15) is 0 Å². The average molecular weight is 360 g/mol. The quantitative estimate of drug-likeness (QED) is 0.566. The van der Waals surface area contributed by atoms with Crippen LogP contribution in [0.3, 0.4) is 0 Å². The lowest BCUT2D eigenvalue weighted by molar-refractivity contribution is -0.148. The molecule has 3 atom stereocenters. The van der Waals surface area contributed by atoms with E-state index in [0.717, 1.165) is 32.4 Å². The first-order chi connectivity index (χ1) is 12.4. The third-order valence-corrected chi connectivity index (χ3v) is 6.20. The van der Waals surface area contributed by atoms with E-state index in [2.05, 4.69) is 23.1 Å². The number of fused-ring (bicyclic) bond motifs is 1. The molecule has 1 aliphatic heterocycles. The van der Waals surface area contributed by atoms with Crippen molar-refractivity contribution >= 4 is 13.1 Å². The van der Waals surface area contributed by atoms with Crippen molar-refractivity contribution in [2.24, 2.45) is 17.6 Å². The first-order valence-electron chi connectivity index (χ1n) is 9.56. The summed E-state index contributed by atoms with van der Waals surface area (Å²) in [6.45, 7) is 2.48. The molecule has 0 spiro atoms. The molecular weight excluding hydrogens is 331 g/mol. The van der Waals surface area contributed by atoms with Crippen LogP contribution in [0.25, 0.3) is 0 Å². The Morgan fingerprint density at radius 2 is 2.00 bits per heavy atom. The summed E-state index contributed by atoms with van der Waals surface area (Å²) in [5, 5.41) is 28.0.